The molecule has 5 heteroatoms. The van der Waals surface area contributed by atoms with Crippen molar-refractivity contribution in [2.75, 3.05) is 0 Å². The van der Waals surface area contributed by atoms with Gasteiger partial charge < -0.3 is 4.57 Å². The predicted octanol–water partition coefficient (Wildman–Crippen LogP) is 2.69. The molecule has 0 bridgehead atoms. The Kier molecular flexibility index (Phi) is 4.10. The average Bonchev–Trinajstić information content (AvgIpc) is 2.84. The summed E-state index contributed by atoms with van der Waals surface area (Å²) in [6.45, 7) is 2.31. The normalized spacial score (nSPS) is 14.8. The number of benzene rings is 1. The maximum atomic E-state index is 12.5. The molecule has 4 nitrogen and oxygen atoms in total. The fraction of sp³-hybridized carbons (Fsp3) is 0.412. The van der Waals surface area contributed by atoms with Gasteiger partial charge in [0.25, 0.3) is 0 Å². The van der Waals surface area contributed by atoms with E-state index in [9.17, 15) is 8.42 Å². The van der Waals surface area contributed by atoms with E-state index in [4.69, 9.17) is 0 Å². The standard InChI is InChI=1S/C17H22N2O2S/c1-13-7-9-16(19(13)2)12-18-22(20,21)17-10-8-14-5-3-4-6-15(14)11-17/h7-11,18H,3-6,12H2,1-2H3. The second-order valence-electron chi connectivity index (χ2n) is 5.99. The molecule has 1 aromatic heterocycles. The van der Waals surface area contributed by atoms with Gasteiger partial charge in [0.15, 0.2) is 0 Å². The summed E-state index contributed by atoms with van der Waals surface area (Å²) < 4.78 is 29.7. The molecule has 22 heavy (non-hydrogen) atoms. The monoisotopic (exact) mass is 318 g/mol. The van der Waals surface area contributed by atoms with E-state index in [1.807, 2.05) is 42.8 Å². The quantitative estimate of drug-likeness (QED) is 0.942. The van der Waals surface area contributed by atoms with Gasteiger partial charge in [-0.15, -0.1) is 0 Å². The molecule has 1 aliphatic rings. The zero-order chi connectivity index (χ0) is 15.7. The topological polar surface area (TPSA) is 51.1 Å². The summed E-state index contributed by atoms with van der Waals surface area (Å²) in [5, 5.41) is 0. The Morgan fingerprint density at radius 2 is 1.82 bits per heavy atom. The Morgan fingerprint density at radius 1 is 1.09 bits per heavy atom. The number of nitrogens with zero attached hydrogens (tertiary/aromatic N) is 1. The van der Waals surface area contributed by atoms with Crippen molar-refractivity contribution in [1.29, 1.82) is 0 Å². The van der Waals surface area contributed by atoms with Crippen LogP contribution in [0.4, 0.5) is 0 Å². The first kappa shape index (κ1) is 15.3. The van der Waals surface area contributed by atoms with Crippen LogP contribution < -0.4 is 4.72 Å². The van der Waals surface area contributed by atoms with Crippen molar-refractivity contribution < 1.29 is 8.42 Å². The number of hydrogen-bond donors (Lipinski definition) is 1. The lowest BCUT2D eigenvalue weighted by Crippen LogP contribution is -2.24. The maximum absolute atomic E-state index is 12.5. The molecule has 0 atom stereocenters. The highest BCUT2D eigenvalue weighted by molar-refractivity contribution is 7.89. The van der Waals surface area contributed by atoms with E-state index in [0.29, 0.717) is 11.4 Å². The third-order valence-corrected chi connectivity index (χ3v) is 5.95. The van der Waals surface area contributed by atoms with Crippen LogP contribution in [0.2, 0.25) is 0 Å². The van der Waals surface area contributed by atoms with E-state index in [0.717, 1.165) is 30.7 Å². The Morgan fingerprint density at radius 3 is 2.50 bits per heavy atom. The summed E-state index contributed by atoms with van der Waals surface area (Å²) in [6.07, 6.45) is 4.39. The third kappa shape index (κ3) is 2.96. The van der Waals surface area contributed by atoms with Crippen molar-refractivity contribution in [3.63, 3.8) is 0 Å². The highest BCUT2D eigenvalue weighted by Crippen LogP contribution is 2.24. The van der Waals surface area contributed by atoms with Crippen molar-refractivity contribution in [2.45, 2.75) is 44.0 Å². The zero-order valence-electron chi connectivity index (χ0n) is 13.1. The van der Waals surface area contributed by atoms with E-state index in [-0.39, 0.29) is 0 Å². The molecule has 0 unspecified atom stereocenters. The largest absolute Gasteiger partial charge is 0.351 e. The summed E-state index contributed by atoms with van der Waals surface area (Å²) in [6, 6.07) is 9.47. The Bertz CT molecular complexity index is 791. The molecule has 0 amide bonds. The molecular weight excluding hydrogens is 296 g/mol. The van der Waals surface area contributed by atoms with Crippen molar-refractivity contribution in [2.24, 2.45) is 7.05 Å². The molecule has 1 aliphatic carbocycles. The molecular formula is C17H22N2O2S. The lowest BCUT2D eigenvalue weighted by atomic mass is 9.92. The predicted molar refractivity (Wildman–Crippen MR) is 87.3 cm³/mol. The van der Waals surface area contributed by atoms with Crippen molar-refractivity contribution in [3.05, 3.63) is 52.8 Å². The van der Waals surface area contributed by atoms with Gasteiger partial charge in [0.05, 0.1) is 11.4 Å². The van der Waals surface area contributed by atoms with Crippen LogP contribution in [0.1, 0.15) is 35.4 Å². The number of aromatic nitrogens is 1. The van der Waals surface area contributed by atoms with E-state index < -0.39 is 10.0 Å². The number of aryl methyl sites for hydroxylation is 3. The first-order valence-electron chi connectivity index (χ1n) is 7.70. The number of fused-ring (bicyclic) bond motifs is 1. The highest BCUT2D eigenvalue weighted by Gasteiger charge is 2.18. The zero-order valence-corrected chi connectivity index (χ0v) is 13.9. The number of sulfonamides is 1. The van der Waals surface area contributed by atoms with Crippen molar-refractivity contribution >= 4 is 10.0 Å². The van der Waals surface area contributed by atoms with E-state index in [1.165, 1.54) is 17.5 Å². The molecule has 2 aromatic rings. The fourth-order valence-electron chi connectivity index (χ4n) is 2.97. The van der Waals surface area contributed by atoms with Crippen LogP contribution in [0.3, 0.4) is 0 Å². The number of nitrogens with one attached hydrogen (secondary N) is 1. The lowest BCUT2D eigenvalue weighted by molar-refractivity contribution is 0.578. The van der Waals surface area contributed by atoms with Gasteiger partial charge in [0, 0.05) is 18.4 Å². The molecule has 0 saturated heterocycles. The van der Waals surface area contributed by atoms with Gasteiger partial charge in [-0.05, 0) is 68.0 Å². The molecule has 0 radical (unpaired) electrons. The summed E-state index contributed by atoms with van der Waals surface area (Å²) in [4.78, 5) is 0.374. The van der Waals surface area contributed by atoms with Gasteiger partial charge in [-0.1, -0.05) is 6.07 Å². The molecule has 0 aliphatic heterocycles. The van der Waals surface area contributed by atoms with E-state index in [2.05, 4.69) is 4.72 Å². The minimum Gasteiger partial charge on any atom is -0.351 e. The minimum atomic E-state index is -3.46. The Hall–Kier alpha value is -1.59. The van der Waals surface area contributed by atoms with Crippen molar-refractivity contribution in [1.82, 2.24) is 9.29 Å². The summed E-state index contributed by atoms with van der Waals surface area (Å²) >= 11 is 0. The molecule has 1 heterocycles. The first-order valence-corrected chi connectivity index (χ1v) is 9.18. The number of rotatable bonds is 4. The second-order valence-corrected chi connectivity index (χ2v) is 7.75. The molecule has 0 spiro atoms. The molecule has 0 fully saturated rings. The van der Waals surface area contributed by atoms with Crippen LogP contribution in [0.25, 0.3) is 0 Å². The SMILES string of the molecule is Cc1ccc(CNS(=O)(=O)c2ccc3c(c2)CCCC3)n1C. The summed E-state index contributed by atoms with van der Waals surface area (Å²) in [7, 11) is -1.52. The molecule has 1 aromatic carbocycles. The Labute approximate surface area is 132 Å². The van der Waals surface area contributed by atoms with Crippen LogP contribution in [0, 0.1) is 6.92 Å². The molecule has 0 saturated carbocycles. The summed E-state index contributed by atoms with van der Waals surface area (Å²) in [5.74, 6) is 0. The van der Waals surface area contributed by atoms with Gasteiger partial charge >= 0.3 is 0 Å². The van der Waals surface area contributed by atoms with Gasteiger partial charge in [0.1, 0.15) is 0 Å². The van der Waals surface area contributed by atoms with Crippen LogP contribution in [0.5, 0.6) is 0 Å². The number of hydrogen-bond acceptors (Lipinski definition) is 2. The lowest BCUT2D eigenvalue weighted by Gasteiger charge is -2.17. The summed E-state index contributed by atoms with van der Waals surface area (Å²) in [5.41, 5.74) is 4.55. The van der Waals surface area contributed by atoms with Crippen LogP contribution >= 0.6 is 0 Å². The molecule has 3 rings (SSSR count). The third-order valence-electron chi connectivity index (χ3n) is 4.55. The van der Waals surface area contributed by atoms with Crippen molar-refractivity contribution in [3.8, 4) is 0 Å². The Balaban J connectivity index is 1.79. The highest BCUT2D eigenvalue weighted by atomic mass is 32.2. The fourth-order valence-corrected chi connectivity index (χ4v) is 4.02. The maximum Gasteiger partial charge on any atom is 0.240 e. The van der Waals surface area contributed by atoms with Gasteiger partial charge in [0.2, 0.25) is 10.0 Å². The minimum absolute atomic E-state index is 0.309. The first-order chi connectivity index (χ1) is 10.5. The average molecular weight is 318 g/mol. The van der Waals surface area contributed by atoms with Crippen LogP contribution in [0.15, 0.2) is 35.2 Å². The smallest absolute Gasteiger partial charge is 0.240 e. The molecule has 118 valence electrons. The van der Waals surface area contributed by atoms with Gasteiger partial charge in [-0.2, -0.15) is 0 Å². The molecule has 1 N–H and O–H groups in total. The second kappa shape index (κ2) is 5.89. The van der Waals surface area contributed by atoms with E-state index >= 15 is 0 Å². The van der Waals surface area contributed by atoms with Crippen LogP contribution in [-0.4, -0.2) is 13.0 Å². The van der Waals surface area contributed by atoms with Gasteiger partial charge in [-0.25, -0.2) is 13.1 Å². The van der Waals surface area contributed by atoms with Gasteiger partial charge in [-0.3, -0.25) is 0 Å². The van der Waals surface area contributed by atoms with E-state index in [1.54, 1.807) is 6.07 Å². The van der Waals surface area contributed by atoms with Crippen LogP contribution in [-0.2, 0) is 36.5 Å².